The first kappa shape index (κ1) is 47.9. The molecular weight excluding hydrogens is 659 g/mol. The second-order valence-corrected chi connectivity index (χ2v) is 19.2. The van der Waals surface area contributed by atoms with Crippen molar-refractivity contribution in [2.75, 3.05) is 0 Å². The van der Waals surface area contributed by atoms with Gasteiger partial charge in [-0.05, 0) is 64.0 Å². The van der Waals surface area contributed by atoms with E-state index in [2.05, 4.69) is 41.5 Å². The van der Waals surface area contributed by atoms with Crippen molar-refractivity contribution < 1.29 is 45.6 Å². The van der Waals surface area contributed by atoms with E-state index in [9.17, 15) is 9.59 Å². The minimum absolute atomic E-state index is 0. The van der Waals surface area contributed by atoms with Gasteiger partial charge in [0.25, 0.3) is 0 Å². The molecule has 37 heavy (non-hydrogen) atoms. The van der Waals surface area contributed by atoms with Crippen molar-refractivity contribution in [2.45, 2.75) is 195 Å². The van der Waals surface area contributed by atoms with Crippen LogP contribution in [0.1, 0.15) is 146 Å². The molecular formula is C30H72HfO4Si2. The molecule has 0 aliphatic carbocycles. The van der Waals surface area contributed by atoms with Crippen molar-refractivity contribution in [3.8, 4) is 0 Å². The maximum absolute atomic E-state index is 10.5. The van der Waals surface area contributed by atoms with Crippen molar-refractivity contribution in [3.63, 3.8) is 0 Å². The van der Waals surface area contributed by atoms with Gasteiger partial charge in [0.05, 0.1) is 0 Å². The molecule has 4 N–H and O–H groups in total. The van der Waals surface area contributed by atoms with E-state index in [1.54, 1.807) is 27.7 Å². The Kier molecular flexibility index (Phi) is 45.5. The zero-order valence-corrected chi connectivity index (χ0v) is 32.8. The number of unbranched alkanes of at least 4 members (excludes halogenated alkanes) is 6. The quantitative estimate of drug-likeness (QED) is 0.106. The summed E-state index contributed by atoms with van der Waals surface area (Å²) in [5, 5.41) is 16.1. The Hall–Kier alpha value is 1.14. The van der Waals surface area contributed by atoms with E-state index < -0.39 is 16.6 Å². The van der Waals surface area contributed by atoms with Gasteiger partial charge in [0.1, 0.15) is 0 Å². The van der Waals surface area contributed by atoms with E-state index in [1.807, 2.05) is 0 Å². The Bertz CT molecular complexity index is 315. The summed E-state index contributed by atoms with van der Waals surface area (Å²) in [7, 11) is -3.62. The third-order valence-electron chi connectivity index (χ3n) is 5.97. The van der Waals surface area contributed by atoms with Gasteiger partial charge in [0.2, 0.25) is 0 Å². The van der Waals surface area contributed by atoms with Gasteiger partial charge in [0, 0.05) is 38.1 Å². The van der Waals surface area contributed by atoms with Crippen molar-refractivity contribution in [1.82, 2.24) is 0 Å². The molecule has 0 saturated heterocycles. The van der Waals surface area contributed by atoms with Gasteiger partial charge in [-0.25, -0.2) is 0 Å². The van der Waals surface area contributed by atoms with E-state index in [0.717, 1.165) is 36.3 Å². The zero-order chi connectivity index (χ0) is 28.9. The Balaban J connectivity index is -0.000000140. The average molecular weight is 732 g/mol. The second kappa shape index (κ2) is 35.2. The Morgan fingerprint density at radius 2 is 0.514 bits per heavy atom. The van der Waals surface area contributed by atoms with Gasteiger partial charge in [-0.1, -0.05) is 119 Å². The second-order valence-electron chi connectivity index (χ2n) is 11.3. The van der Waals surface area contributed by atoms with Crippen LogP contribution in [0.3, 0.4) is 0 Å². The minimum Gasteiger partial charge on any atom is -0.432 e. The van der Waals surface area contributed by atoms with Gasteiger partial charge in [-0.2, -0.15) is 0 Å². The molecule has 4 nitrogen and oxygen atoms in total. The monoisotopic (exact) mass is 732 g/mol. The summed E-state index contributed by atoms with van der Waals surface area (Å²) in [5.74, 6) is 0. The average Bonchev–Trinajstić information content (AvgIpc) is 2.81. The van der Waals surface area contributed by atoms with Crippen molar-refractivity contribution >= 4 is 16.6 Å². The fourth-order valence-corrected chi connectivity index (χ4v) is 11.4. The molecule has 0 aromatic heterocycles. The molecule has 0 aromatic carbocycles. The molecule has 0 heterocycles. The van der Waals surface area contributed by atoms with Crippen LogP contribution >= 0.6 is 0 Å². The van der Waals surface area contributed by atoms with E-state index in [4.69, 9.17) is 10.2 Å². The molecule has 228 valence electrons. The Morgan fingerprint density at radius 3 is 0.595 bits per heavy atom. The zero-order valence-electron chi connectivity index (χ0n) is 27.2. The summed E-state index contributed by atoms with van der Waals surface area (Å²) in [6.07, 6.45) is 14.4. The van der Waals surface area contributed by atoms with E-state index in [-0.39, 0.29) is 38.1 Å². The maximum atomic E-state index is 10.5. The first-order valence-corrected chi connectivity index (χ1v) is 20.8. The predicted octanol–water partition coefficient (Wildman–Crippen LogP) is 9.42. The Morgan fingerprint density at radius 1 is 0.405 bits per heavy atom. The minimum atomic E-state index is -1.81. The summed E-state index contributed by atoms with van der Waals surface area (Å²) in [6, 6.07) is 6.85. The van der Waals surface area contributed by atoms with Crippen LogP contribution in [0.25, 0.3) is 0 Å². The van der Waals surface area contributed by atoms with Gasteiger partial charge >= 0.3 is 0 Å². The normalized spacial score (nSPS) is 11.0. The van der Waals surface area contributed by atoms with Gasteiger partial charge < -0.3 is 19.8 Å². The van der Waals surface area contributed by atoms with Gasteiger partial charge in [-0.3, -0.25) is 0 Å². The number of hydrogen-bond donors (Lipinski definition) is 4. The molecule has 0 unspecified atom stereocenters. The SMILES string of the molecule is CC(C)O.CC(C)O.CCCC[Si](O)(CCCC)CCCC.CCCC[Si](O)(CCCC)CCCC.[Hf]. The maximum Gasteiger partial charge on any atom is 0.188 e. The van der Waals surface area contributed by atoms with Crippen molar-refractivity contribution in [2.24, 2.45) is 0 Å². The molecule has 0 saturated carbocycles. The third-order valence-corrected chi connectivity index (χ3v) is 13.7. The molecule has 0 spiro atoms. The van der Waals surface area contributed by atoms with E-state index >= 15 is 0 Å². The first-order chi connectivity index (χ1) is 16.8. The molecule has 0 aromatic rings. The summed E-state index contributed by atoms with van der Waals surface area (Å²) in [4.78, 5) is 21.1. The van der Waals surface area contributed by atoms with Crippen LogP contribution in [-0.2, 0) is 25.8 Å². The van der Waals surface area contributed by atoms with Gasteiger partial charge in [0.15, 0.2) is 16.6 Å². The molecule has 0 aliphatic rings. The van der Waals surface area contributed by atoms with Crippen LogP contribution in [-0.4, -0.2) is 48.6 Å². The fourth-order valence-electron chi connectivity index (χ4n) is 3.79. The summed E-state index contributed by atoms with van der Waals surface area (Å²) >= 11 is 0. The Labute approximate surface area is 255 Å². The summed E-state index contributed by atoms with van der Waals surface area (Å²) in [5.41, 5.74) is 0. The van der Waals surface area contributed by atoms with Crippen LogP contribution in [0.5, 0.6) is 0 Å². The van der Waals surface area contributed by atoms with Crippen LogP contribution in [0.2, 0.25) is 36.3 Å². The molecule has 0 aliphatic heterocycles. The third kappa shape index (κ3) is 47.3. The molecule has 0 fully saturated rings. The molecule has 0 amide bonds. The van der Waals surface area contributed by atoms with Crippen LogP contribution < -0.4 is 0 Å². The number of aliphatic hydroxyl groups excluding tert-OH is 2. The standard InChI is InChI=1S/2C12H28OSi.2C3H8O.Hf/c2*1-4-7-10-14(13,11-8-5-2)12-9-6-3;2*1-3(2)4;/h2*13H,4-12H2,1-3H3;2*3-4H,1-2H3;. The van der Waals surface area contributed by atoms with Crippen LogP contribution in [0.4, 0.5) is 0 Å². The summed E-state index contributed by atoms with van der Waals surface area (Å²) < 4.78 is 0. The van der Waals surface area contributed by atoms with Crippen molar-refractivity contribution in [3.05, 3.63) is 0 Å². The molecule has 0 radical (unpaired) electrons. The van der Waals surface area contributed by atoms with E-state index in [1.165, 1.54) is 77.0 Å². The predicted molar refractivity (Wildman–Crippen MR) is 169 cm³/mol. The number of aliphatic hydroxyl groups is 2. The molecule has 0 atom stereocenters. The topological polar surface area (TPSA) is 80.9 Å². The van der Waals surface area contributed by atoms with Crippen molar-refractivity contribution in [1.29, 1.82) is 0 Å². The largest absolute Gasteiger partial charge is 0.432 e. The van der Waals surface area contributed by atoms with Gasteiger partial charge in [-0.15, -0.1) is 0 Å². The fraction of sp³-hybridized carbons (Fsp3) is 1.00. The molecule has 0 bridgehead atoms. The summed E-state index contributed by atoms with van der Waals surface area (Å²) in [6.45, 7) is 20.2. The molecule has 0 rings (SSSR count). The number of hydrogen-bond acceptors (Lipinski definition) is 4. The number of rotatable bonds is 18. The van der Waals surface area contributed by atoms with Crippen LogP contribution in [0.15, 0.2) is 0 Å². The van der Waals surface area contributed by atoms with E-state index in [0.29, 0.717) is 0 Å². The molecule has 7 heteroatoms. The van der Waals surface area contributed by atoms with Crippen LogP contribution in [0, 0.1) is 0 Å². The smallest absolute Gasteiger partial charge is 0.188 e. The first-order valence-electron chi connectivity index (χ1n) is 15.6.